The summed E-state index contributed by atoms with van der Waals surface area (Å²) in [5.74, 6) is 0.914. The summed E-state index contributed by atoms with van der Waals surface area (Å²) in [6.07, 6.45) is 7.31. The van der Waals surface area contributed by atoms with E-state index < -0.39 is 4.92 Å². The second-order valence-corrected chi connectivity index (χ2v) is 4.05. The van der Waals surface area contributed by atoms with Crippen LogP contribution in [0.15, 0.2) is 47.9 Å². The molecule has 0 aliphatic heterocycles. The first kappa shape index (κ1) is 12.8. The lowest BCUT2D eigenvalue weighted by molar-refractivity contribution is -0.384. The van der Waals surface area contributed by atoms with Crippen molar-refractivity contribution in [1.29, 1.82) is 0 Å². The molecule has 0 aliphatic carbocycles. The maximum atomic E-state index is 11.3. The molecule has 106 valence electrons. The lowest BCUT2D eigenvalue weighted by Gasteiger charge is -2.07. The van der Waals surface area contributed by atoms with Crippen LogP contribution in [-0.4, -0.2) is 24.4 Å². The van der Waals surface area contributed by atoms with Crippen LogP contribution in [0.1, 0.15) is 5.76 Å². The van der Waals surface area contributed by atoms with Crippen LogP contribution in [0.25, 0.3) is 5.82 Å². The maximum Gasteiger partial charge on any atom is 0.354 e. The van der Waals surface area contributed by atoms with Gasteiger partial charge in [-0.05, 0) is 12.1 Å². The molecule has 3 heterocycles. The number of nitrogens with zero attached hydrogens (tertiary/aromatic N) is 5. The topological polar surface area (TPSA) is 112 Å². The first-order valence-corrected chi connectivity index (χ1v) is 5.99. The van der Waals surface area contributed by atoms with Crippen molar-refractivity contribution in [3.63, 3.8) is 0 Å². The highest BCUT2D eigenvalue weighted by Crippen LogP contribution is 2.27. The van der Waals surface area contributed by atoms with Crippen LogP contribution in [0.4, 0.5) is 11.5 Å². The molecular weight excluding hydrogens is 276 g/mol. The van der Waals surface area contributed by atoms with Gasteiger partial charge in [0, 0.05) is 12.4 Å². The minimum atomic E-state index is -0.528. The number of furan rings is 1. The third-order valence-electron chi connectivity index (χ3n) is 2.74. The highest BCUT2D eigenvalue weighted by Gasteiger charge is 2.24. The van der Waals surface area contributed by atoms with Gasteiger partial charge in [0.1, 0.15) is 18.4 Å². The second-order valence-electron chi connectivity index (χ2n) is 4.05. The Balaban J connectivity index is 1.96. The zero-order chi connectivity index (χ0) is 14.7. The third-order valence-corrected chi connectivity index (χ3v) is 2.74. The summed E-state index contributed by atoms with van der Waals surface area (Å²) in [5, 5.41) is 14.2. The van der Waals surface area contributed by atoms with E-state index in [-0.39, 0.29) is 23.9 Å². The van der Waals surface area contributed by atoms with Gasteiger partial charge in [0.05, 0.1) is 17.7 Å². The Hall–Kier alpha value is -3.23. The normalized spacial score (nSPS) is 10.5. The van der Waals surface area contributed by atoms with Crippen molar-refractivity contribution in [1.82, 2.24) is 19.5 Å². The number of imidazole rings is 1. The van der Waals surface area contributed by atoms with Crippen molar-refractivity contribution in [2.24, 2.45) is 0 Å². The smallest absolute Gasteiger partial charge is 0.354 e. The Morgan fingerprint density at radius 2 is 2.33 bits per heavy atom. The maximum absolute atomic E-state index is 11.3. The van der Waals surface area contributed by atoms with Crippen molar-refractivity contribution < 1.29 is 9.34 Å². The quantitative estimate of drug-likeness (QED) is 0.561. The van der Waals surface area contributed by atoms with Crippen molar-refractivity contribution in [2.75, 3.05) is 5.32 Å². The fourth-order valence-electron chi connectivity index (χ4n) is 1.82. The van der Waals surface area contributed by atoms with Gasteiger partial charge in [0.2, 0.25) is 11.6 Å². The molecule has 9 nitrogen and oxygen atoms in total. The second kappa shape index (κ2) is 5.41. The summed E-state index contributed by atoms with van der Waals surface area (Å²) in [7, 11) is 0. The van der Waals surface area contributed by atoms with E-state index in [9.17, 15) is 10.1 Å². The van der Waals surface area contributed by atoms with E-state index in [1.807, 2.05) is 0 Å². The molecule has 0 atom stereocenters. The molecule has 3 aromatic heterocycles. The molecule has 0 spiro atoms. The molecule has 0 fully saturated rings. The molecule has 0 saturated carbocycles. The summed E-state index contributed by atoms with van der Waals surface area (Å²) in [5.41, 5.74) is -0.220. The highest BCUT2D eigenvalue weighted by atomic mass is 16.6. The Bertz CT molecular complexity index is 738. The summed E-state index contributed by atoms with van der Waals surface area (Å²) in [4.78, 5) is 22.5. The lowest BCUT2D eigenvalue weighted by atomic mass is 10.4. The molecule has 0 aliphatic rings. The molecule has 0 bridgehead atoms. The molecule has 0 unspecified atom stereocenters. The van der Waals surface area contributed by atoms with E-state index in [0.717, 1.165) is 0 Å². The largest absolute Gasteiger partial charge is 0.467 e. The molecule has 21 heavy (non-hydrogen) atoms. The highest BCUT2D eigenvalue weighted by molar-refractivity contribution is 5.63. The summed E-state index contributed by atoms with van der Waals surface area (Å²) >= 11 is 0. The average molecular weight is 286 g/mol. The lowest BCUT2D eigenvalue weighted by Crippen LogP contribution is -2.09. The van der Waals surface area contributed by atoms with E-state index in [0.29, 0.717) is 5.76 Å². The van der Waals surface area contributed by atoms with Crippen LogP contribution < -0.4 is 5.32 Å². The number of nitro groups is 1. The van der Waals surface area contributed by atoms with E-state index in [1.54, 1.807) is 18.3 Å². The minimum absolute atomic E-state index is 0.120. The fourth-order valence-corrected chi connectivity index (χ4v) is 1.82. The van der Waals surface area contributed by atoms with Gasteiger partial charge in [-0.2, -0.15) is 0 Å². The summed E-state index contributed by atoms with van der Waals surface area (Å²) in [6.45, 7) is 0.286. The van der Waals surface area contributed by atoms with Gasteiger partial charge in [-0.1, -0.05) is 0 Å². The van der Waals surface area contributed by atoms with E-state index in [4.69, 9.17) is 4.42 Å². The van der Waals surface area contributed by atoms with Gasteiger partial charge >= 0.3 is 5.69 Å². The van der Waals surface area contributed by atoms with E-state index in [1.165, 1.54) is 29.7 Å². The SMILES string of the molecule is O=[N+]([O-])c1c(NCc2ccco2)ncnc1-n1ccnc1. The first-order chi connectivity index (χ1) is 10.3. The van der Waals surface area contributed by atoms with Crippen LogP contribution in [0.2, 0.25) is 0 Å². The monoisotopic (exact) mass is 286 g/mol. The van der Waals surface area contributed by atoms with Crippen molar-refractivity contribution in [3.8, 4) is 5.82 Å². The third kappa shape index (κ3) is 2.56. The fraction of sp³-hybridized carbons (Fsp3) is 0.0833. The predicted octanol–water partition coefficient (Wildman–Crippen LogP) is 1.78. The molecule has 0 aromatic carbocycles. The molecule has 1 N–H and O–H groups in total. The number of anilines is 1. The van der Waals surface area contributed by atoms with Gasteiger partial charge < -0.3 is 9.73 Å². The van der Waals surface area contributed by atoms with Crippen LogP contribution in [0.5, 0.6) is 0 Å². The number of rotatable bonds is 5. The van der Waals surface area contributed by atoms with Crippen molar-refractivity contribution >= 4 is 11.5 Å². The van der Waals surface area contributed by atoms with Gasteiger partial charge in [0.15, 0.2) is 0 Å². The molecule has 0 radical (unpaired) electrons. The van der Waals surface area contributed by atoms with Crippen molar-refractivity contribution in [3.05, 3.63) is 59.3 Å². The molecule has 3 rings (SSSR count). The standard InChI is InChI=1S/C12H10N6O3/c19-18(20)10-11(14-6-9-2-1-5-21-9)15-7-16-12(10)17-4-3-13-8-17/h1-5,7-8H,6H2,(H,14,15,16). The number of hydrogen-bond acceptors (Lipinski definition) is 7. The molecule has 0 amide bonds. The Morgan fingerprint density at radius 3 is 3.00 bits per heavy atom. The molecule has 0 saturated heterocycles. The van der Waals surface area contributed by atoms with Crippen LogP contribution in [0, 0.1) is 10.1 Å². The first-order valence-electron chi connectivity index (χ1n) is 5.99. The number of hydrogen-bond donors (Lipinski definition) is 1. The van der Waals surface area contributed by atoms with E-state index >= 15 is 0 Å². The van der Waals surface area contributed by atoms with Gasteiger partial charge in [0.25, 0.3) is 0 Å². The summed E-state index contributed by atoms with van der Waals surface area (Å²) in [6, 6.07) is 3.50. The Labute approximate surface area is 118 Å². The Morgan fingerprint density at radius 1 is 1.43 bits per heavy atom. The van der Waals surface area contributed by atoms with Gasteiger partial charge in [-0.25, -0.2) is 15.0 Å². The average Bonchev–Trinajstić information content (AvgIpc) is 3.17. The van der Waals surface area contributed by atoms with Gasteiger partial charge in [-0.3, -0.25) is 14.7 Å². The van der Waals surface area contributed by atoms with Crippen molar-refractivity contribution in [2.45, 2.75) is 6.54 Å². The van der Waals surface area contributed by atoms with Crippen LogP contribution >= 0.6 is 0 Å². The predicted molar refractivity (Wildman–Crippen MR) is 71.8 cm³/mol. The van der Waals surface area contributed by atoms with Crippen LogP contribution in [-0.2, 0) is 6.54 Å². The zero-order valence-electron chi connectivity index (χ0n) is 10.7. The molecule has 9 heteroatoms. The number of nitrogens with one attached hydrogen (secondary N) is 1. The molecule has 3 aromatic rings. The minimum Gasteiger partial charge on any atom is -0.467 e. The molecular formula is C12H10N6O3. The zero-order valence-corrected chi connectivity index (χ0v) is 10.7. The Kier molecular flexibility index (Phi) is 3.29. The van der Waals surface area contributed by atoms with E-state index in [2.05, 4.69) is 20.3 Å². The van der Waals surface area contributed by atoms with Crippen LogP contribution in [0.3, 0.4) is 0 Å². The summed E-state index contributed by atoms with van der Waals surface area (Å²) < 4.78 is 6.62. The number of aromatic nitrogens is 4. The van der Waals surface area contributed by atoms with Gasteiger partial charge in [-0.15, -0.1) is 0 Å².